The number of hydrogen-bond acceptors (Lipinski definition) is 2. The number of H-pyrrole nitrogens is 1. The minimum atomic E-state index is -0.295. The maximum Gasteiger partial charge on any atom is 0.241 e. The minimum Gasteiger partial charge on any atom is -0.361 e. The zero-order chi connectivity index (χ0) is 17.7. The molecular weight excluding hydrogens is 326 g/mol. The maximum atomic E-state index is 12.9. The summed E-state index contributed by atoms with van der Waals surface area (Å²) in [4.78, 5) is 29.9. The number of rotatable bonds is 1. The van der Waals surface area contributed by atoms with Crippen LogP contribution in [0, 0.1) is 0 Å². The summed E-state index contributed by atoms with van der Waals surface area (Å²) in [6.45, 7) is 0. The number of amides is 2. The van der Waals surface area contributed by atoms with Crippen LogP contribution in [-0.2, 0) is 9.59 Å². The third kappa shape index (κ3) is 2.18. The molecule has 0 bridgehead atoms. The molecule has 1 aliphatic heterocycles. The van der Waals surface area contributed by atoms with Crippen LogP contribution >= 0.6 is 0 Å². The Balaban J connectivity index is 1.78. The molecule has 1 aromatic heterocycles. The number of fused-ring (bicyclic) bond motifs is 4. The molecule has 4 aromatic rings. The molecule has 2 amide bonds. The fraction of sp³-hybridized carbons (Fsp3) is 0.0476. The van der Waals surface area contributed by atoms with Gasteiger partial charge in [-0.25, -0.2) is 0 Å². The highest BCUT2D eigenvalue weighted by Crippen LogP contribution is 2.40. The number of nitrogens with zero attached hydrogens (tertiary/aromatic N) is 1. The van der Waals surface area contributed by atoms with E-state index in [1.54, 1.807) is 4.90 Å². The molecular formula is C21H15N3O2. The van der Waals surface area contributed by atoms with Crippen molar-refractivity contribution in [3.05, 3.63) is 66.9 Å². The first-order valence-electron chi connectivity index (χ1n) is 8.42. The summed E-state index contributed by atoms with van der Waals surface area (Å²) in [5, 5.41) is 5.92. The lowest BCUT2D eigenvalue weighted by Gasteiger charge is -2.23. The van der Waals surface area contributed by atoms with Crippen LogP contribution in [-0.4, -0.2) is 16.8 Å². The van der Waals surface area contributed by atoms with Crippen LogP contribution in [0.2, 0.25) is 0 Å². The summed E-state index contributed by atoms with van der Waals surface area (Å²) in [5.74, 6) is -0.543. The molecule has 0 fully saturated rings. The van der Waals surface area contributed by atoms with Gasteiger partial charge in [-0.05, 0) is 35.0 Å². The van der Waals surface area contributed by atoms with E-state index < -0.39 is 0 Å². The van der Waals surface area contributed by atoms with Gasteiger partial charge in [0.1, 0.15) is 6.42 Å². The molecule has 5 rings (SSSR count). The van der Waals surface area contributed by atoms with Gasteiger partial charge >= 0.3 is 0 Å². The van der Waals surface area contributed by atoms with E-state index in [-0.39, 0.29) is 18.2 Å². The van der Waals surface area contributed by atoms with Crippen LogP contribution in [0.15, 0.2) is 66.9 Å². The van der Waals surface area contributed by atoms with E-state index in [1.807, 2.05) is 66.9 Å². The van der Waals surface area contributed by atoms with Gasteiger partial charge < -0.3 is 10.3 Å². The highest BCUT2D eigenvalue weighted by atomic mass is 16.2. The van der Waals surface area contributed by atoms with E-state index in [4.69, 9.17) is 0 Å². The normalized spacial score (nSPS) is 14.4. The highest BCUT2D eigenvalue weighted by molar-refractivity contribution is 6.21. The van der Waals surface area contributed by atoms with Gasteiger partial charge in [0.15, 0.2) is 0 Å². The van der Waals surface area contributed by atoms with Crippen molar-refractivity contribution < 1.29 is 9.59 Å². The summed E-state index contributed by atoms with van der Waals surface area (Å²) in [6, 6.07) is 19.5. The number of aromatic nitrogens is 1. The Bertz CT molecular complexity index is 1190. The van der Waals surface area contributed by atoms with Crippen molar-refractivity contribution in [1.29, 1.82) is 0 Å². The van der Waals surface area contributed by atoms with Crippen molar-refractivity contribution in [3.63, 3.8) is 0 Å². The van der Waals surface area contributed by atoms with Crippen LogP contribution in [0.5, 0.6) is 0 Å². The van der Waals surface area contributed by atoms with Gasteiger partial charge in [-0.15, -0.1) is 0 Å². The van der Waals surface area contributed by atoms with Crippen LogP contribution in [0.25, 0.3) is 21.7 Å². The van der Waals surface area contributed by atoms with Crippen LogP contribution in [0.1, 0.15) is 6.42 Å². The average molecular weight is 341 g/mol. The lowest BCUT2D eigenvalue weighted by atomic mass is 10.1. The van der Waals surface area contributed by atoms with Crippen molar-refractivity contribution in [1.82, 2.24) is 4.98 Å². The van der Waals surface area contributed by atoms with Gasteiger partial charge in [-0.1, -0.05) is 36.4 Å². The molecule has 0 radical (unpaired) electrons. The second kappa shape index (κ2) is 5.46. The predicted octanol–water partition coefficient (Wildman–Crippen LogP) is 4.33. The number of hydrogen-bond donors (Lipinski definition) is 2. The predicted molar refractivity (Wildman–Crippen MR) is 103 cm³/mol. The Hall–Kier alpha value is -3.60. The Morgan fingerprint density at radius 2 is 1.73 bits per heavy atom. The first-order chi connectivity index (χ1) is 12.7. The first kappa shape index (κ1) is 14.7. The molecule has 0 atom stereocenters. The standard InChI is InChI=1S/C21H15N3O2/c25-19-12-20(26)24(15-7-5-14-9-10-22-17(14)11-15)18-8-6-13-3-1-2-4-16(13)21(18)23-19/h1-11,22H,12H2,(H,23,25). The minimum absolute atomic E-state index is 0.189. The lowest BCUT2D eigenvalue weighted by Crippen LogP contribution is -2.26. The Morgan fingerprint density at radius 3 is 2.65 bits per heavy atom. The number of benzene rings is 3. The van der Waals surface area contributed by atoms with Gasteiger partial charge in [0, 0.05) is 17.1 Å². The zero-order valence-electron chi connectivity index (χ0n) is 13.8. The highest BCUT2D eigenvalue weighted by Gasteiger charge is 2.28. The van der Waals surface area contributed by atoms with Gasteiger partial charge in [-0.3, -0.25) is 14.5 Å². The molecule has 0 saturated carbocycles. The van der Waals surface area contributed by atoms with Crippen molar-refractivity contribution in [3.8, 4) is 0 Å². The van der Waals surface area contributed by atoms with Crippen LogP contribution in [0.3, 0.4) is 0 Å². The Kier molecular flexibility index (Phi) is 3.09. The molecule has 0 aliphatic carbocycles. The van der Waals surface area contributed by atoms with Gasteiger partial charge in [0.25, 0.3) is 0 Å². The Morgan fingerprint density at radius 1 is 0.885 bits per heavy atom. The topological polar surface area (TPSA) is 65.2 Å². The fourth-order valence-corrected chi connectivity index (χ4v) is 3.57. The number of aromatic amines is 1. The smallest absolute Gasteiger partial charge is 0.241 e. The zero-order valence-corrected chi connectivity index (χ0v) is 13.8. The second-order valence-corrected chi connectivity index (χ2v) is 6.38. The molecule has 5 nitrogen and oxygen atoms in total. The molecule has 26 heavy (non-hydrogen) atoms. The van der Waals surface area contributed by atoms with E-state index in [2.05, 4.69) is 10.3 Å². The number of nitrogens with one attached hydrogen (secondary N) is 2. The maximum absolute atomic E-state index is 12.9. The molecule has 0 spiro atoms. The van der Waals surface area contributed by atoms with E-state index >= 15 is 0 Å². The lowest BCUT2D eigenvalue weighted by molar-refractivity contribution is -0.124. The van der Waals surface area contributed by atoms with E-state index in [9.17, 15) is 9.59 Å². The van der Waals surface area contributed by atoms with Gasteiger partial charge in [0.05, 0.1) is 17.1 Å². The van der Waals surface area contributed by atoms with Gasteiger partial charge in [0.2, 0.25) is 11.8 Å². The molecule has 0 unspecified atom stereocenters. The van der Waals surface area contributed by atoms with Crippen LogP contribution in [0.4, 0.5) is 17.1 Å². The van der Waals surface area contributed by atoms with Gasteiger partial charge in [-0.2, -0.15) is 0 Å². The number of carbonyl (C=O) groups is 2. The van der Waals surface area contributed by atoms with E-state index in [0.29, 0.717) is 11.4 Å². The average Bonchev–Trinajstić information content (AvgIpc) is 3.06. The summed E-state index contributed by atoms with van der Waals surface area (Å²) < 4.78 is 0. The van der Waals surface area contributed by atoms with E-state index in [0.717, 1.165) is 27.4 Å². The fourth-order valence-electron chi connectivity index (χ4n) is 3.57. The molecule has 2 heterocycles. The molecule has 126 valence electrons. The number of carbonyl (C=O) groups excluding carboxylic acids is 2. The molecule has 1 aliphatic rings. The number of anilines is 3. The van der Waals surface area contributed by atoms with Crippen molar-refractivity contribution in [2.24, 2.45) is 0 Å². The molecule has 3 aromatic carbocycles. The molecule has 5 heteroatoms. The molecule has 0 saturated heterocycles. The van der Waals surface area contributed by atoms with Crippen LogP contribution < -0.4 is 10.2 Å². The van der Waals surface area contributed by atoms with E-state index in [1.165, 1.54) is 0 Å². The summed E-state index contributed by atoms with van der Waals surface area (Å²) in [5.41, 5.74) is 3.04. The summed E-state index contributed by atoms with van der Waals surface area (Å²) >= 11 is 0. The SMILES string of the molecule is O=C1CC(=O)N(c2ccc3cc[nH]c3c2)c2ccc3ccccc3c2N1. The summed E-state index contributed by atoms with van der Waals surface area (Å²) in [7, 11) is 0. The van der Waals surface area contributed by atoms with Crippen molar-refractivity contribution in [2.45, 2.75) is 6.42 Å². The quantitative estimate of drug-likeness (QED) is 0.506. The Labute approximate surface area is 149 Å². The first-order valence-corrected chi connectivity index (χ1v) is 8.42. The second-order valence-electron chi connectivity index (χ2n) is 6.38. The van der Waals surface area contributed by atoms with Crippen molar-refractivity contribution in [2.75, 3.05) is 10.2 Å². The molecule has 2 N–H and O–H groups in total. The monoisotopic (exact) mass is 341 g/mol. The summed E-state index contributed by atoms with van der Waals surface area (Å²) in [6.07, 6.45) is 1.68. The third-order valence-electron chi connectivity index (χ3n) is 4.77. The largest absolute Gasteiger partial charge is 0.361 e. The third-order valence-corrected chi connectivity index (χ3v) is 4.77. The van der Waals surface area contributed by atoms with Crippen molar-refractivity contribution >= 4 is 50.6 Å².